The molecule has 1 saturated carbocycles. The summed E-state index contributed by atoms with van der Waals surface area (Å²) in [4.78, 5) is 41.6. The molecule has 6 nitrogen and oxygen atoms in total. The van der Waals surface area contributed by atoms with Crippen molar-refractivity contribution in [2.75, 3.05) is 6.54 Å². The molecule has 2 aliphatic rings. The zero-order valence-corrected chi connectivity index (χ0v) is 18.6. The van der Waals surface area contributed by atoms with Crippen LogP contribution in [0.4, 0.5) is 9.18 Å². The lowest BCUT2D eigenvalue weighted by molar-refractivity contribution is -0.139. The first-order valence-electron chi connectivity index (χ1n) is 11.0. The molecule has 7 heteroatoms. The average Bonchev–Trinajstić information content (AvgIpc) is 3.57. The van der Waals surface area contributed by atoms with Gasteiger partial charge >= 0.3 is 6.03 Å². The highest BCUT2D eigenvalue weighted by atomic mass is 19.1. The van der Waals surface area contributed by atoms with Gasteiger partial charge in [-0.1, -0.05) is 50.2 Å². The Balaban J connectivity index is 1.48. The van der Waals surface area contributed by atoms with E-state index in [1.165, 1.54) is 29.8 Å². The first kappa shape index (κ1) is 22.0. The molecule has 32 heavy (non-hydrogen) atoms. The number of benzene rings is 2. The lowest BCUT2D eigenvalue weighted by atomic mass is 9.92. The highest BCUT2D eigenvalue weighted by Gasteiger charge is 2.50. The number of hydrogen-bond acceptors (Lipinski definition) is 3. The number of carbonyl (C=O) groups is 3. The Morgan fingerprint density at radius 2 is 1.75 bits per heavy atom. The van der Waals surface area contributed by atoms with Crippen LogP contribution in [0.25, 0.3) is 0 Å². The van der Waals surface area contributed by atoms with Crippen molar-refractivity contribution in [1.82, 2.24) is 15.1 Å². The van der Waals surface area contributed by atoms with E-state index in [0.29, 0.717) is 18.0 Å². The van der Waals surface area contributed by atoms with E-state index in [2.05, 4.69) is 31.3 Å². The van der Waals surface area contributed by atoms with Crippen molar-refractivity contribution in [3.05, 3.63) is 71.0 Å². The quantitative estimate of drug-likeness (QED) is 0.668. The predicted octanol–water partition coefficient (Wildman–Crippen LogP) is 3.91. The summed E-state index contributed by atoms with van der Waals surface area (Å²) >= 11 is 0. The van der Waals surface area contributed by atoms with Crippen molar-refractivity contribution in [2.24, 2.45) is 0 Å². The topological polar surface area (TPSA) is 69.7 Å². The number of halogens is 1. The molecule has 1 aliphatic carbocycles. The van der Waals surface area contributed by atoms with Gasteiger partial charge in [0.15, 0.2) is 0 Å². The molecule has 168 valence electrons. The molecule has 0 bridgehead atoms. The molecule has 1 N–H and O–H groups in total. The zero-order valence-electron chi connectivity index (χ0n) is 18.6. The van der Waals surface area contributed by atoms with Gasteiger partial charge in [-0.25, -0.2) is 9.18 Å². The van der Waals surface area contributed by atoms with Gasteiger partial charge in [0.25, 0.3) is 5.91 Å². The summed E-state index contributed by atoms with van der Waals surface area (Å²) in [7, 11) is 0. The van der Waals surface area contributed by atoms with Gasteiger partial charge in [0.1, 0.15) is 17.9 Å². The van der Waals surface area contributed by atoms with Crippen molar-refractivity contribution in [2.45, 2.75) is 57.7 Å². The van der Waals surface area contributed by atoms with Crippen LogP contribution in [-0.2, 0) is 21.7 Å². The molecule has 0 radical (unpaired) electrons. The fourth-order valence-electron chi connectivity index (χ4n) is 4.06. The van der Waals surface area contributed by atoms with Crippen molar-refractivity contribution in [1.29, 1.82) is 0 Å². The number of nitrogens with zero attached hydrogens (tertiary/aromatic N) is 2. The minimum absolute atomic E-state index is 0.136. The van der Waals surface area contributed by atoms with Crippen LogP contribution in [-0.4, -0.2) is 40.2 Å². The van der Waals surface area contributed by atoms with E-state index >= 15 is 0 Å². The van der Waals surface area contributed by atoms with Crippen LogP contribution < -0.4 is 5.32 Å². The minimum atomic E-state index is -1.33. The second-order valence-corrected chi connectivity index (χ2v) is 9.10. The molecule has 2 aromatic rings. The Morgan fingerprint density at radius 1 is 1.12 bits per heavy atom. The lowest BCUT2D eigenvalue weighted by Crippen LogP contribution is -2.45. The van der Waals surface area contributed by atoms with Gasteiger partial charge in [-0.2, -0.15) is 0 Å². The van der Waals surface area contributed by atoms with E-state index in [1.54, 1.807) is 11.8 Å². The summed E-state index contributed by atoms with van der Waals surface area (Å²) in [6.45, 7) is 5.96. The van der Waals surface area contributed by atoms with Crippen molar-refractivity contribution >= 4 is 17.8 Å². The first-order chi connectivity index (χ1) is 15.2. The maximum atomic E-state index is 13.3. The first-order valence-corrected chi connectivity index (χ1v) is 11.0. The number of rotatable bonds is 7. The van der Waals surface area contributed by atoms with E-state index in [9.17, 15) is 18.8 Å². The van der Waals surface area contributed by atoms with Gasteiger partial charge in [-0.05, 0) is 54.5 Å². The Bertz CT molecular complexity index is 1030. The van der Waals surface area contributed by atoms with Crippen LogP contribution in [0.1, 0.15) is 56.2 Å². The standard InChI is InChI=1S/C25H28FN3O3/c1-16(2)18-6-4-17(5-7-18)14-28(21-12-13-21)22(30)15-29-23(31)25(3,27-24(29)32)19-8-10-20(26)11-9-19/h4-11,16,21H,12-15H2,1-3H3,(H,27,32)/t25-/m0/s1. The molecule has 4 rings (SSSR count). The summed E-state index contributed by atoms with van der Waals surface area (Å²) < 4.78 is 13.3. The maximum Gasteiger partial charge on any atom is 0.325 e. The molecule has 0 spiro atoms. The average molecular weight is 438 g/mol. The van der Waals surface area contributed by atoms with Crippen LogP contribution in [0.5, 0.6) is 0 Å². The fraction of sp³-hybridized carbons (Fsp3) is 0.400. The Morgan fingerprint density at radius 3 is 2.31 bits per heavy atom. The van der Waals surface area contributed by atoms with Gasteiger partial charge in [0, 0.05) is 12.6 Å². The second-order valence-electron chi connectivity index (χ2n) is 9.10. The fourth-order valence-corrected chi connectivity index (χ4v) is 4.06. The van der Waals surface area contributed by atoms with Crippen molar-refractivity contribution in [3.8, 4) is 0 Å². The number of hydrogen-bond donors (Lipinski definition) is 1. The van der Waals surface area contributed by atoms with E-state index in [4.69, 9.17) is 0 Å². The van der Waals surface area contributed by atoms with E-state index in [1.807, 2.05) is 12.1 Å². The van der Waals surface area contributed by atoms with Crippen molar-refractivity contribution in [3.63, 3.8) is 0 Å². The van der Waals surface area contributed by atoms with Crippen LogP contribution in [0.2, 0.25) is 0 Å². The summed E-state index contributed by atoms with van der Waals surface area (Å²) in [5, 5.41) is 2.67. The maximum absolute atomic E-state index is 13.3. The van der Waals surface area contributed by atoms with Crippen LogP contribution in [0, 0.1) is 5.82 Å². The molecule has 1 heterocycles. The molecule has 0 aromatic heterocycles. The Labute approximate surface area is 187 Å². The third-order valence-corrected chi connectivity index (χ3v) is 6.30. The monoisotopic (exact) mass is 437 g/mol. The molecular weight excluding hydrogens is 409 g/mol. The minimum Gasteiger partial charge on any atom is -0.334 e. The number of urea groups is 1. The molecule has 1 atom stereocenters. The van der Waals surface area contributed by atoms with E-state index in [-0.39, 0.29) is 18.5 Å². The van der Waals surface area contributed by atoms with Gasteiger partial charge < -0.3 is 10.2 Å². The molecule has 0 unspecified atom stereocenters. The normalized spacial score (nSPS) is 20.6. The highest BCUT2D eigenvalue weighted by Crippen LogP contribution is 2.31. The summed E-state index contributed by atoms with van der Waals surface area (Å²) in [6, 6.07) is 13.1. The molecule has 4 amide bonds. The van der Waals surface area contributed by atoms with Crippen LogP contribution in [0.3, 0.4) is 0 Å². The van der Waals surface area contributed by atoms with Crippen LogP contribution >= 0.6 is 0 Å². The SMILES string of the molecule is CC(C)c1ccc(CN(C(=O)CN2C(=O)N[C@@](C)(c3ccc(F)cc3)C2=O)C2CC2)cc1. The van der Waals surface area contributed by atoms with Gasteiger partial charge in [0.05, 0.1) is 0 Å². The third kappa shape index (κ3) is 4.24. The summed E-state index contributed by atoms with van der Waals surface area (Å²) in [6.07, 6.45) is 1.84. The van der Waals surface area contributed by atoms with Gasteiger partial charge in [-0.15, -0.1) is 0 Å². The summed E-state index contributed by atoms with van der Waals surface area (Å²) in [5.74, 6) is -0.769. The number of carbonyl (C=O) groups excluding carboxylic acids is 3. The number of amides is 4. The number of nitrogens with one attached hydrogen (secondary N) is 1. The molecule has 1 saturated heterocycles. The zero-order chi connectivity index (χ0) is 23.0. The van der Waals surface area contributed by atoms with E-state index < -0.39 is 23.3 Å². The smallest absolute Gasteiger partial charge is 0.325 e. The summed E-state index contributed by atoms with van der Waals surface area (Å²) in [5.41, 5.74) is 1.39. The molecule has 2 fully saturated rings. The molecule has 1 aliphatic heterocycles. The lowest BCUT2D eigenvalue weighted by Gasteiger charge is -2.26. The van der Waals surface area contributed by atoms with E-state index in [0.717, 1.165) is 23.3 Å². The van der Waals surface area contributed by atoms with Crippen LogP contribution in [0.15, 0.2) is 48.5 Å². The molecule has 2 aromatic carbocycles. The van der Waals surface area contributed by atoms with Crippen molar-refractivity contribution < 1.29 is 18.8 Å². The van der Waals surface area contributed by atoms with Gasteiger partial charge in [0.2, 0.25) is 5.91 Å². The van der Waals surface area contributed by atoms with Gasteiger partial charge in [-0.3, -0.25) is 14.5 Å². The Hall–Kier alpha value is -3.22. The largest absolute Gasteiger partial charge is 0.334 e. The third-order valence-electron chi connectivity index (χ3n) is 6.30. The Kier molecular flexibility index (Phi) is 5.75. The number of imide groups is 1. The second kappa shape index (κ2) is 8.37. The highest BCUT2D eigenvalue weighted by molar-refractivity contribution is 6.09. The molecular formula is C25H28FN3O3. The predicted molar refractivity (Wildman–Crippen MR) is 118 cm³/mol.